The van der Waals surface area contributed by atoms with Gasteiger partial charge in [0.05, 0.1) is 5.69 Å². The molecule has 0 spiro atoms. The number of halogens is 1. The summed E-state index contributed by atoms with van der Waals surface area (Å²) in [6.45, 7) is 0. The van der Waals surface area contributed by atoms with E-state index in [0.717, 1.165) is 4.31 Å². The summed E-state index contributed by atoms with van der Waals surface area (Å²) in [6, 6.07) is 8.80. The van der Waals surface area contributed by atoms with Crippen molar-refractivity contribution < 1.29 is 8.76 Å². The molecule has 3 nitrogen and oxygen atoms in total. The summed E-state index contributed by atoms with van der Waals surface area (Å²) in [7, 11) is 0. The van der Waals surface area contributed by atoms with Crippen LogP contribution >= 0.6 is 11.6 Å². The molecule has 0 saturated carbocycles. The standard InChI is InChI=1S/C8H8ClNO2S/c9-6-7-10(13(11)12)8-4-2-1-3-5-8/h1-7H,(H,11,12). The van der Waals surface area contributed by atoms with Crippen LogP contribution in [0.3, 0.4) is 0 Å². The molecule has 0 bridgehead atoms. The summed E-state index contributed by atoms with van der Waals surface area (Å²) >= 11 is 3.23. The number of anilines is 1. The number of benzene rings is 1. The maximum absolute atomic E-state index is 10.8. The van der Waals surface area contributed by atoms with Gasteiger partial charge in [0, 0.05) is 11.7 Å². The first-order valence-corrected chi connectivity index (χ1v) is 4.98. The van der Waals surface area contributed by atoms with E-state index in [1.807, 2.05) is 6.07 Å². The fourth-order valence-electron chi connectivity index (χ4n) is 0.854. The molecule has 0 heterocycles. The highest BCUT2D eigenvalue weighted by atomic mass is 35.5. The Bertz CT molecular complexity index is 315. The second-order valence-electron chi connectivity index (χ2n) is 2.17. The average Bonchev–Trinajstić information content (AvgIpc) is 2.15. The highest BCUT2D eigenvalue weighted by Crippen LogP contribution is 2.14. The zero-order valence-electron chi connectivity index (χ0n) is 6.63. The Morgan fingerprint density at radius 2 is 2.00 bits per heavy atom. The number of nitrogens with zero attached hydrogens (tertiary/aromatic N) is 1. The lowest BCUT2D eigenvalue weighted by molar-refractivity contribution is 0.564. The van der Waals surface area contributed by atoms with Gasteiger partial charge in [-0.05, 0) is 12.1 Å². The Morgan fingerprint density at radius 3 is 2.46 bits per heavy atom. The topological polar surface area (TPSA) is 40.5 Å². The van der Waals surface area contributed by atoms with Crippen LogP contribution in [0.25, 0.3) is 0 Å². The van der Waals surface area contributed by atoms with Crippen molar-refractivity contribution in [3.05, 3.63) is 42.1 Å². The van der Waals surface area contributed by atoms with E-state index in [4.69, 9.17) is 16.2 Å². The fraction of sp³-hybridized carbons (Fsp3) is 0. The largest absolute Gasteiger partial charge is 0.289 e. The van der Waals surface area contributed by atoms with Crippen LogP contribution in [0, 0.1) is 0 Å². The molecule has 0 aliphatic heterocycles. The van der Waals surface area contributed by atoms with Crippen LogP contribution < -0.4 is 4.31 Å². The summed E-state index contributed by atoms with van der Waals surface area (Å²) < 4.78 is 20.8. The van der Waals surface area contributed by atoms with E-state index in [2.05, 4.69) is 0 Å². The summed E-state index contributed by atoms with van der Waals surface area (Å²) in [5.41, 5.74) is 1.79. The van der Waals surface area contributed by atoms with Crippen LogP contribution in [0.5, 0.6) is 0 Å². The molecule has 5 heteroatoms. The summed E-state index contributed by atoms with van der Waals surface area (Å²) in [5, 5.41) is 0. The monoisotopic (exact) mass is 217 g/mol. The molecule has 1 unspecified atom stereocenters. The van der Waals surface area contributed by atoms with E-state index in [-0.39, 0.29) is 0 Å². The van der Waals surface area contributed by atoms with E-state index >= 15 is 0 Å². The van der Waals surface area contributed by atoms with Crippen molar-refractivity contribution in [2.24, 2.45) is 0 Å². The smallest absolute Gasteiger partial charge is 0.266 e. The van der Waals surface area contributed by atoms with Crippen molar-refractivity contribution in [1.29, 1.82) is 0 Å². The Hall–Kier alpha value is -0.840. The van der Waals surface area contributed by atoms with Crippen molar-refractivity contribution in [2.75, 3.05) is 4.31 Å². The van der Waals surface area contributed by atoms with Crippen LogP contribution in [0.15, 0.2) is 42.1 Å². The van der Waals surface area contributed by atoms with Gasteiger partial charge in [-0.3, -0.25) is 4.55 Å². The normalized spacial score (nSPS) is 13.1. The van der Waals surface area contributed by atoms with Gasteiger partial charge < -0.3 is 0 Å². The maximum atomic E-state index is 10.8. The van der Waals surface area contributed by atoms with Crippen LogP contribution in [0.4, 0.5) is 5.69 Å². The third-order valence-electron chi connectivity index (χ3n) is 1.37. The third kappa shape index (κ3) is 2.84. The van der Waals surface area contributed by atoms with E-state index in [1.54, 1.807) is 24.3 Å². The molecule has 0 radical (unpaired) electrons. The Labute approximate surface area is 84.0 Å². The Balaban J connectivity index is 2.96. The van der Waals surface area contributed by atoms with Gasteiger partial charge in [-0.15, -0.1) is 0 Å². The molecule has 0 aromatic heterocycles. The van der Waals surface area contributed by atoms with Crippen LogP contribution in [-0.2, 0) is 11.3 Å². The van der Waals surface area contributed by atoms with Crippen LogP contribution in [0.1, 0.15) is 0 Å². The molecular weight excluding hydrogens is 210 g/mol. The van der Waals surface area contributed by atoms with E-state index < -0.39 is 11.3 Å². The van der Waals surface area contributed by atoms with Gasteiger partial charge >= 0.3 is 0 Å². The molecule has 1 rings (SSSR count). The maximum Gasteiger partial charge on any atom is 0.266 e. The highest BCUT2D eigenvalue weighted by molar-refractivity contribution is 7.80. The zero-order valence-corrected chi connectivity index (χ0v) is 8.20. The fourth-order valence-corrected chi connectivity index (χ4v) is 1.50. The minimum Gasteiger partial charge on any atom is -0.289 e. The molecule has 0 aliphatic rings. The Morgan fingerprint density at radius 1 is 1.38 bits per heavy atom. The molecule has 0 aliphatic carbocycles. The van der Waals surface area contributed by atoms with Gasteiger partial charge in [-0.25, -0.2) is 8.51 Å². The number of para-hydroxylation sites is 1. The lowest BCUT2D eigenvalue weighted by atomic mass is 10.3. The van der Waals surface area contributed by atoms with Gasteiger partial charge in [0.25, 0.3) is 11.3 Å². The zero-order chi connectivity index (χ0) is 9.68. The minimum absolute atomic E-state index is 0.611. The van der Waals surface area contributed by atoms with Crippen molar-refractivity contribution in [2.45, 2.75) is 0 Å². The molecule has 1 aromatic carbocycles. The molecule has 1 N–H and O–H groups in total. The van der Waals surface area contributed by atoms with Gasteiger partial charge in [0.2, 0.25) is 0 Å². The number of hydrogen-bond acceptors (Lipinski definition) is 1. The third-order valence-corrected chi connectivity index (χ3v) is 2.15. The quantitative estimate of drug-likeness (QED) is 0.790. The second-order valence-corrected chi connectivity index (χ2v) is 3.27. The SMILES string of the molecule is O=S(O)N(C=CCl)c1ccccc1. The molecule has 1 atom stereocenters. The summed E-state index contributed by atoms with van der Waals surface area (Å²) in [6.07, 6.45) is 1.33. The lowest BCUT2D eigenvalue weighted by Gasteiger charge is -2.13. The first-order chi connectivity index (χ1) is 6.25. The molecule has 70 valence electrons. The first kappa shape index (κ1) is 10.2. The Kier molecular flexibility index (Phi) is 3.95. The summed E-state index contributed by atoms with van der Waals surface area (Å²) in [4.78, 5) is 0. The molecule has 1 aromatic rings. The van der Waals surface area contributed by atoms with Crippen molar-refractivity contribution in [3.63, 3.8) is 0 Å². The predicted octanol–water partition coefficient (Wildman–Crippen LogP) is 2.34. The highest BCUT2D eigenvalue weighted by Gasteiger charge is 2.06. The predicted molar refractivity (Wildman–Crippen MR) is 54.7 cm³/mol. The average molecular weight is 218 g/mol. The van der Waals surface area contributed by atoms with Gasteiger partial charge in [0.15, 0.2) is 0 Å². The second kappa shape index (κ2) is 5.01. The van der Waals surface area contributed by atoms with Gasteiger partial charge in [-0.2, -0.15) is 0 Å². The molecule has 0 fully saturated rings. The number of hydrogen-bond donors (Lipinski definition) is 1. The van der Waals surface area contributed by atoms with Crippen LogP contribution in [0.2, 0.25) is 0 Å². The van der Waals surface area contributed by atoms with Gasteiger partial charge in [0.1, 0.15) is 0 Å². The molecule has 0 saturated heterocycles. The molecule has 0 amide bonds. The lowest BCUT2D eigenvalue weighted by Crippen LogP contribution is -2.17. The molecule has 13 heavy (non-hydrogen) atoms. The van der Waals surface area contributed by atoms with Crippen molar-refractivity contribution in [1.82, 2.24) is 0 Å². The number of rotatable bonds is 3. The van der Waals surface area contributed by atoms with Crippen molar-refractivity contribution >= 4 is 28.6 Å². The molecular formula is C8H8ClNO2S. The minimum atomic E-state index is -2.09. The van der Waals surface area contributed by atoms with E-state index in [1.165, 1.54) is 11.7 Å². The van der Waals surface area contributed by atoms with E-state index in [0.29, 0.717) is 5.69 Å². The summed E-state index contributed by atoms with van der Waals surface area (Å²) in [5.74, 6) is 0. The first-order valence-electron chi connectivity index (χ1n) is 3.48. The van der Waals surface area contributed by atoms with Crippen molar-refractivity contribution in [3.8, 4) is 0 Å². The van der Waals surface area contributed by atoms with Gasteiger partial charge in [-0.1, -0.05) is 29.8 Å². The van der Waals surface area contributed by atoms with Crippen LogP contribution in [-0.4, -0.2) is 8.76 Å². The van der Waals surface area contributed by atoms with E-state index in [9.17, 15) is 4.21 Å².